The molecule has 6 nitrogen and oxygen atoms in total. The average Bonchev–Trinajstić information content (AvgIpc) is 3.55. The molecule has 4 aromatic rings. The van der Waals surface area contributed by atoms with E-state index in [4.69, 9.17) is 9.97 Å². The van der Waals surface area contributed by atoms with Gasteiger partial charge in [-0.3, -0.25) is 4.90 Å². The van der Waals surface area contributed by atoms with Crippen molar-refractivity contribution in [3.63, 3.8) is 0 Å². The van der Waals surface area contributed by atoms with Crippen LogP contribution in [0.15, 0.2) is 30.3 Å². The van der Waals surface area contributed by atoms with Gasteiger partial charge < -0.3 is 14.5 Å². The van der Waals surface area contributed by atoms with Gasteiger partial charge in [-0.25, -0.2) is 9.97 Å². The SMILES string of the molecule is Cc1cc(C)c2nc(C)n(Cc3ccc4[nH]c(CN5CCC(N6CCCC6)CC5)cc4c3)c2n1. The zero-order valence-corrected chi connectivity index (χ0v) is 20.8. The number of nitrogens with zero attached hydrogens (tertiary/aromatic N) is 5. The van der Waals surface area contributed by atoms with Gasteiger partial charge in [0.05, 0.1) is 6.54 Å². The molecule has 6 heteroatoms. The molecule has 178 valence electrons. The van der Waals surface area contributed by atoms with Crippen molar-refractivity contribution in [2.24, 2.45) is 0 Å². The predicted molar refractivity (Wildman–Crippen MR) is 138 cm³/mol. The van der Waals surface area contributed by atoms with Crippen LogP contribution in [0.1, 0.15) is 54.0 Å². The Morgan fingerprint density at radius 2 is 1.71 bits per heavy atom. The van der Waals surface area contributed by atoms with Crippen LogP contribution < -0.4 is 0 Å². The third-order valence-electron chi connectivity index (χ3n) is 7.90. The van der Waals surface area contributed by atoms with E-state index in [0.29, 0.717) is 0 Å². The van der Waals surface area contributed by atoms with Gasteiger partial charge in [0.2, 0.25) is 0 Å². The van der Waals surface area contributed by atoms with Crippen LogP contribution in [0.4, 0.5) is 0 Å². The van der Waals surface area contributed by atoms with E-state index in [1.165, 1.54) is 79.6 Å². The van der Waals surface area contributed by atoms with Crippen molar-refractivity contribution in [3.8, 4) is 0 Å². The number of aryl methyl sites for hydroxylation is 3. The highest BCUT2D eigenvalue weighted by atomic mass is 15.2. The number of piperidine rings is 1. The molecule has 0 bridgehead atoms. The second kappa shape index (κ2) is 8.82. The Labute approximate surface area is 202 Å². The van der Waals surface area contributed by atoms with E-state index >= 15 is 0 Å². The fraction of sp³-hybridized carbons (Fsp3) is 0.500. The van der Waals surface area contributed by atoms with Crippen LogP contribution in [0.25, 0.3) is 22.1 Å². The van der Waals surface area contributed by atoms with Gasteiger partial charge in [0, 0.05) is 48.0 Å². The van der Waals surface area contributed by atoms with Crippen molar-refractivity contribution in [1.82, 2.24) is 29.3 Å². The highest BCUT2D eigenvalue weighted by Gasteiger charge is 2.26. The van der Waals surface area contributed by atoms with E-state index in [-0.39, 0.29) is 0 Å². The number of H-pyrrole nitrogens is 1. The lowest BCUT2D eigenvalue weighted by molar-refractivity contribution is 0.122. The molecule has 6 rings (SSSR count). The summed E-state index contributed by atoms with van der Waals surface area (Å²) in [5.74, 6) is 1.02. The molecular formula is C28H36N6. The number of nitrogens with one attached hydrogen (secondary N) is 1. The standard InChI is InChI=1S/C28H36N6/c1-19-14-20(2)29-28-27(19)30-21(3)34(28)17-22-6-7-26-23(15-22)16-24(31-26)18-32-12-8-25(9-13-32)33-10-4-5-11-33/h6-7,14-16,25,31H,4-5,8-13,17-18H2,1-3H3. The number of hydrogen-bond donors (Lipinski definition) is 1. The van der Waals surface area contributed by atoms with Crippen molar-refractivity contribution in [3.05, 3.63) is 58.7 Å². The number of aromatic nitrogens is 4. The van der Waals surface area contributed by atoms with Crippen LogP contribution in [0, 0.1) is 20.8 Å². The first-order chi connectivity index (χ1) is 16.5. The smallest absolute Gasteiger partial charge is 0.160 e. The molecular weight excluding hydrogens is 420 g/mol. The van der Waals surface area contributed by atoms with Crippen molar-refractivity contribution >= 4 is 22.1 Å². The molecule has 2 fully saturated rings. The minimum Gasteiger partial charge on any atom is -0.357 e. The molecule has 0 unspecified atom stereocenters. The van der Waals surface area contributed by atoms with Crippen molar-refractivity contribution in [2.45, 2.75) is 65.6 Å². The lowest BCUT2D eigenvalue weighted by Gasteiger charge is -2.36. The lowest BCUT2D eigenvalue weighted by Crippen LogP contribution is -2.43. The molecule has 3 aromatic heterocycles. The molecule has 0 atom stereocenters. The Balaban J connectivity index is 1.17. The summed E-state index contributed by atoms with van der Waals surface area (Å²) in [6, 6.07) is 12.1. The van der Waals surface area contributed by atoms with Crippen molar-refractivity contribution in [2.75, 3.05) is 26.2 Å². The Kier molecular flexibility index (Phi) is 5.66. The van der Waals surface area contributed by atoms with Gasteiger partial charge >= 0.3 is 0 Å². The van der Waals surface area contributed by atoms with E-state index in [9.17, 15) is 0 Å². The molecule has 0 aliphatic carbocycles. The van der Waals surface area contributed by atoms with E-state index in [1.54, 1.807) is 0 Å². The second-order valence-electron chi connectivity index (χ2n) is 10.5. The Morgan fingerprint density at radius 3 is 2.50 bits per heavy atom. The van der Waals surface area contributed by atoms with Crippen LogP contribution >= 0.6 is 0 Å². The summed E-state index contributed by atoms with van der Waals surface area (Å²) in [5, 5.41) is 1.29. The minimum atomic E-state index is 0.790. The maximum atomic E-state index is 4.80. The Morgan fingerprint density at radius 1 is 0.912 bits per heavy atom. The first-order valence-electron chi connectivity index (χ1n) is 12.9. The van der Waals surface area contributed by atoms with Gasteiger partial charge in [-0.1, -0.05) is 6.07 Å². The first kappa shape index (κ1) is 21.8. The second-order valence-corrected chi connectivity index (χ2v) is 10.5. The molecule has 34 heavy (non-hydrogen) atoms. The van der Waals surface area contributed by atoms with Gasteiger partial charge in [0.1, 0.15) is 11.3 Å². The number of hydrogen-bond acceptors (Lipinski definition) is 4. The Bertz CT molecular complexity index is 1320. The summed E-state index contributed by atoms with van der Waals surface area (Å²) in [5.41, 5.74) is 8.07. The van der Waals surface area contributed by atoms with Crippen LogP contribution in [-0.2, 0) is 13.1 Å². The molecule has 1 N–H and O–H groups in total. The largest absolute Gasteiger partial charge is 0.357 e. The highest BCUT2D eigenvalue weighted by Crippen LogP contribution is 2.25. The quantitative estimate of drug-likeness (QED) is 0.462. The number of imidazole rings is 1. The zero-order valence-electron chi connectivity index (χ0n) is 20.8. The van der Waals surface area contributed by atoms with Crippen LogP contribution in [0.3, 0.4) is 0 Å². The average molecular weight is 457 g/mol. The third kappa shape index (κ3) is 4.14. The van der Waals surface area contributed by atoms with Gasteiger partial charge in [-0.05, 0) is 94.9 Å². The van der Waals surface area contributed by atoms with Gasteiger partial charge in [-0.15, -0.1) is 0 Å². The predicted octanol–water partition coefficient (Wildman–Crippen LogP) is 4.95. The first-order valence-corrected chi connectivity index (χ1v) is 12.9. The molecule has 0 amide bonds. The lowest BCUT2D eigenvalue weighted by atomic mass is 10.0. The summed E-state index contributed by atoms with van der Waals surface area (Å²) < 4.78 is 2.24. The van der Waals surface area contributed by atoms with E-state index in [1.807, 2.05) is 0 Å². The van der Waals surface area contributed by atoms with Crippen LogP contribution in [0.5, 0.6) is 0 Å². The number of benzene rings is 1. The highest BCUT2D eigenvalue weighted by molar-refractivity contribution is 5.81. The van der Waals surface area contributed by atoms with Crippen LogP contribution in [-0.4, -0.2) is 61.5 Å². The number of aromatic amines is 1. The zero-order chi connectivity index (χ0) is 23.2. The fourth-order valence-electron chi connectivity index (χ4n) is 6.10. The monoisotopic (exact) mass is 456 g/mol. The summed E-state index contributed by atoms with van der Waals surface area (Å²) in [7, 11) is 0. The fourth-order valence-corrected chi connectivity index (χ4v) is 6.10. The van der Waals surface area contributed by atoms with Crippen LogP contribution in [0.2, 0.25) is 0 Å². The van der Waals surface area contributed by atoms with E-state index < -0.39 is 0 Å². The van der Waals surface area contributed by atoms with E-state index in [2.05, 4.69) is 70.5 Å². The molecule has 2 aliphatic rings. The normalized spacial score (nSPS) is 18.6. The molecule has 5 heterocycles. The Hall–Kier alpha value is -2.70. The summed E-state index contributed by atoms with van der Waals surface area (Å²) in [6.07, 6.45) is 5.42. The topological polar surface area (TPSA) is 53.0 Å². The van der Waals surface area contributed by atoms with Gasteiger partial charge in [-0.2, -0.15) is 0 Å². The molecule has 0 spiro atoms. The van der Waals surface area contributed by atoms with Gasteiger partial charge in [0.25, 0.3) is 0 Å². The van der Waals surface area contributed by atoms with Crippen molar-refractivity contribution in [1.29, 1.82) is 0 Å². The number of pyridine rings is 1. The van der Waals surface area contributed by atoms with E-state index in [0.717, 1.165) is 41.8 Å². The third-order valence-corrected chi connectivity index (χ3v) is 7.90. The molecule has 0 saturated carbocycles. The molecule has 2 aliphatic heterocycles. The molecule has 1 aromatic carbocycles. The molecule has 0 radical (unpaired) electrons. The number of likely N-dealkylation sites (tertiary alicyclic amines) is 2. The summed E-state index contributed by atoms with van der Waals surface area (Å²) in [6.45, 7) is 13.1. The minimum absolute atomic E-state index is 0.790. The number of fused-ring (bicyclic) bond motifs is 2. The number of rotatable bonds is 5. The summed E-state index contributed by atoms with van der Waals surface area (Å²) in [4.78, 5) is 18.6. The molecule has 2 saturated heterocycles. The maximum Gasteiger partial charge on any atom is 0.160 e. The maximum absolute atomic E-state index is 4.80. The van der Waals surface area contributed by atoms with Crippen molar-refractivity contribution < 1.29 is 0 Å². The van der Waals surface area contributed by atoms with Gasteiger partial charge in [0.15, 0.2) is 5.65 Å². The summed E-state index contributed by atoms with van der Waals surface area (Å²) >= 11 is 0.